The highest BCUT2D eigenvalue weighted by Crippen LogP contribution is 2.41. The van der Waals surface area contributed by atoms with Crippen LogP contribution in [0.3, 0.4) is 0 Å². The summed E-state index contributed by atoms with van der Waals surface area (Å²) < 4.78 is 5.73. The Hall–Kier alpha value is -2.64. The van der Waals surface area contributed by atoms with Crippen LogP contribution in [0.2, 0.25) is 0 Å². The van der Waals surface area contributed by atoms with Crippen LogP contribution in [0, 0.1) is 0 Å². The second-order valence-electron chi connectivity index (χ2n) is 7.77. The maximum absolute atomic E-state index is 12.9. The summed E-state index contributed by atoms with van der Waals surface area (Å²) in [5.41, 5.74) is 1.69. The number of ketones is 1. The second kappa shape index (κ2) is 7.65. The number of likely N-dealkylation sites (tertiary alicyclic amines) is 1. The summed E-state index contributed by atoms with van der Waals surface area (Å²) in [5, 5.41) is 13.0. The third kappa shape index (κ3) is 3.56. The predicted molar refractivity (Wildman–Crippen MR) is 112 cm³/mol. The first-order valence-electron chi connectivity index (χ1n) is 9.63. The summed E-state index contributed by atoms with van der Waals surface area (Å²) in [7, 11) is 3.84. The molecule has 1 aromatic heterocycles. The van der Waals surface area contributed by atoms with Crippen molar-refractivity contribution in [1.82, 2.24) is 9.80 Å². The van der Waals surface area contributed by atoms with E-state index in [0.29, 0.717) is 18.7 Å². The highest BCUT2D eigenvalue weighted by molar-refractivity contribution is 7.10. The van der Waals surface area contributed by atoms with E-state index < -0.39 is 17.7 Å². The number of aliphatic hydroxyl groups excluding tert-OH is 1. The fraction of sp³-hybridized carbons (Fsp3) is 0.364. The number of nitrogens with zero attached hydrogens (tertiary/aromatic N) is 2. The molecule has 2 atom stereocenters. The van der Waals surface area contributed by atoms with Crippen LogP contribution in [-0.2, 0) is 16.0 Å². The van der Waals surface area contributed by atoms with Crippen molar-refractivity contribution < 1.29 is 19.4 Å². The van der Waals surface area contributed by atoms with Gasteiger partial charge in [0.15, 0.2) is 0 Å². The monoisotopic (exact) mass is 412 g/mol. The molecule has 1 fully saturated rings. The van der Waals surface area contributed by atoms with Crippen molar-refractivity contribution in [1.29, 1.82) is 0 Å². The Morgan fingerprint density at radius 2 is 2.10 bits per heavy atom. The van der Waals surface area contributed by atoms with Gasteiger partial charge in [-0.1, -0.05) is 6.07 Å². The number of aliphatic hydroxyl groups is 1. The number of likely N-dealkylation sites (N-methyl/N-ethyl adjacent to an activating group) is 1. The highest BCUT2D eigenvalue weighted by Gasteiger charge is 2.46. The highest BCUT2D eigenvalue weighted by atomic mass is 32.1. The third-order valence-electron chi connectivity index (χ3n) is 5.31. The number of carbonyl (C=O) groups excluding carboxylic acids is 2. The lowest BCUT2D eigenvalue weighted by Crippen LogP contribution is -2.35. The number of ether oxygens (including phenoxy) is 1. The molecule has 29 heavy (non-hydrogen) atoms. The van der Waals surface area contributed by atoms with Crippen molar-refractivity contribution in [2.45, 2.75) is 25.5 Å². The van der Waals surface area contributed by atoms with Gasteiger partial charge in [0.05, 0.1) is 11.6 Å². The molecule has 6 nitrogen and oxygen atoms in total. The van der Waals surface area contributed by atoms with E-state index in [0.717, 1.165) is 22.6 Å². The van der Waals surface area contributed by atoms with Gasteiger partial charge in [-0.25, -0.2) is 0 Å². The van der Waals surface area contributed by atoms with E-state index in [2.05, 4.69) is 0 Å². The average Bonchev–Trinajstić information content (AvgIpc) is 3.38. The molecule has 1 amide bonds. The zero-order chi connectivity index (χ0) is 20.7. The zero-order valence-electron chi connectivity index (χ0n) is 16.7. The number of Topliss-reactive ketones (excluding diaryl/α,β-unsaturated/α-hetero) is 1. The molecule has 4 rings (SSSR count). The van der Waals surface area contributed by atoms with E-state index in [-0.39, 0.29) is 17.4 Å². The van der Waals surface area contributed by atoms with E-state index in [9.17, 15) is 14.7 Å². The first-order valence-corrected chi connectivity index (χ1v) is 10.5. The Morgan fingerprint density at radius 1 is 1.31 bits per heavy atom. The minimum Gasteiger partial charge on any atom is -0.507 e. The van der Waals surface area contributed by atoms with Crippen molar-refractivity contribution in [3.63, 3.8) is 0 Å². The van der Waals surface area contributed by atoms with Gasteiger partial charge in [-0.3, -0.25) is 9.59 Å². The van der Waals surface area contributed by atoms with Crippen molar-refractivity contribution in [3.05, 3.63) is 57.3 Å². The molecule has 2 aromatic rings. The minimum absolute atomic E-state index is 0.0881. The second-order valence-corrected chi connectivity index (χ2v) is 8.75. The summed E-state index contributed by atoms with van der Waals surface area (Å²) in [4.78, 5) is 30.1. The molecule has 3 heterocycles. The Morgan fingerprint density at radius 3 is 2.79 bits per heavy atom. The average molecular weight is 413 g/mol. The van der Waals surface area contributed by atoms with Crippen LogP contribution >= 0.6 is 11.3 Å². The number of thiophene rings is 1. The number of hydrogen-bond acceptors (Lipinski definition) is 6. The van der Waals surface area contributed by atoms with E-state index in [4.69, 9.17) is 4.74 Å². The van der Waals surface area contributed by atoms with E-state index >= 15 is 0 Å². The lowest BCUT2D eigenvalue weighted by molar-refractivity contribution is -0.140. The van der Waals surface area contributed by atoms with Gasteiger partial charge in [-0.2, -0.15) is 0 Å². The molecule has 0 spiro atoms. The molecular formula is C22H24N2O4S. The normalized spacial score (nSPS) is 23.0. The summed E-state index contributed by atoms with van der Waals surface area (Å²) in [6.45, 7) is 3.03. The molecule has 1 aromatic carbocycles. The molecule has 2 unspecified atom stereocenters. The van der Waals surface area contributed by atoms with Gasteiger partial charge >= 0.3 is 0 Å². The number of rotatable bonds is 5. The van der Waals surface area contributed by atoms with Gasteiger partial charge < -0.3 is 19.6 Å². The Kier molecular flexibility index (Phi) is 5.19. The molecule has 2 aliphatic rings. The summed E-state index contributed by atoms with van der Waals surface area (Å²) >= 11 is 1.47. The number of carbonyl (C=O) groups is 2. The molecule has 1 N–H and O–H groups in total. The summed E-state index contributed by atoms with van der Waals surface area (Å²) in [6.07, 6.45) is 0.840. The van der Waals surface area contributed by atoms with E-state index in [1.165, 1.54) is 11.3 Å². The molecule has 152 valence electrons. The largest absolute Gasteiger partial charge is 0.507 e. The Labute approximate surface area is 174 Å². The summed E-state index contributed by atoms with van der Waals surface area (Å²) in [6, 6.07) is 8.63. The molecule has 0 aliphatic carbocycles. The maximum Gasteiger partial charge on any atom is 0.295 e. The lowest BCUT2D eigenvalue weighted by atomic mass is 9.98. The van der Waals surface area contributed by atoms with Crippen molar-refractivity contribution >= 4 is 28.8 Å². The van der Waals surface area contributed by atoms with Crippen LogP contribution in [0.15, 0.2) is 41.3 Å². The van der Waals surface area contributed by atoms with E-state index in [1.807, 2.05) is 55.6 Å². The molecule has 0 radical (unpaired) electrons. The van der Waals surface area contributed by atoms with Gasteiger partial charge in [0, 0.05) is 30.0 Å². The molecule has 0 saturated carbocycles. The van der Waals surface area contributed by atoms with Crippen LogP contribution in [0.4, 0.5) is 0 Å². The Balaban J connectivity index is 1.78. The SMILES string of the molecule is CC1Cc2cc(C(O)=C3C(=O)C(=O)N(CCN(C)C)C3c3cccs3)ccc2O1. The van der Waals surface area contributed by atoms with E-state index in [1.54, 1.807) is 11.0 Å². The molecular weight excluding hydrogens is 388 g/mol. The van der Waals surface area contributed by atoms with Crippen molar-refractivity contribution in [2.75, 3.05) is 27.2 Å². The van der Waals surface area contributed by atoms with Crippen LogP contribution in [0.1, 0.15) is 29.0 Å². The van der Waals surface area contributed by atoms with Gasteiger partial charge in [-0.15, -0.1) is 11.3 Å². The number of benzene rings is 1. The standard InChI is InChI=1S/C22H24N2O4S/c1-13-11-15-12-14(6-7-16(15)28-13)20(25)18-19(17-5-4-10-29-17)24(9-8-23(2)3)22(27)21(18)26/h4-7,10,12-13,19,25H,8-9,11H2,1-3H3. The molecule has 7 heteroatoms. The van der Waals surface area contributed by atoms with Crippen LogP contribution in [0.25, 0.3) is 5.76 Å². The number of fused-ring (bicyclic) bond motifs is 1. The maximum atomic E-state index is 12.9. The number of hydrogen-bond donors (Lipinski definition) is 1. The fourth-order valence-electron chi connectivity index (χ4n) is 3.89. The lowest BCUT2D eigenvalue weighted by Gasteiger charge is -2.25. The topological polar surface area (TPSA) is 70.1 Å². The summed E-state index contributed by atoms with van der Waals surface area (Å²) in [5.74, 6) is -0.526. The molecule has 0 bridgehead atoms. The van der Waals surface area contributed by atoms with Crippen LogP contribution in [0.5, 0.6) is 5.75 Å². The molecule has 2 aliphatic heterocycles. The smallest absolute Gasteiger partial charge is 0.295 e. The minimum atomic E-state index is -0.634. The van der Waals surface area contributed by atoms with Crippen LogP contribution in [-0.4, -0.2) is 59.9 Å². The van der Waals surface area contributed by atoms with Gasteiger partial charge in [-0.05, 0) is 56.2 Å². The van der Waals surface area contributed by atoms with Gasteiger partial charge in [0.1, 0.15) is 17.6 Å². The third-order valence-corrected chi connectivity index (χ3v) is 6.23. The number of amides is 1. The quantitative estimate of drug-likeness (QED) is 0.464. The fourth-order valence-corrected chi connectivity index (χ4v) is 4.73. The van der Waals surface area contributed by atoms with Crippen LogP contribution < -0.4 is 4.74 Å². The predicted octanol–water partition coefficient (Wildman–Crippen LogP) is 3.05. The zero-order valence-corrected chi connectivity index (χ0v) is 17.5. The first-order chi connectivity index (χ1) is 13.9. The first kappa shape index (κ1) is 19.7. The van der Waals surface area contributed by atoms with Crippen molar-refractivity contribution in [2.24, 2.45) is 0 Å². The van der Waals surface area contributed by atoms with Gasteiger partial charge in [0.2, 0.25) is 0 Å². The van der Waals surface area contributed by atoms with Crippen molar-refractivity contribution in [3.8, 4) is 5.75 Å². The Bertz CT molecular complexity index is 981. The van der Waals surface area contributed by atoms with Gasteiger partial charge in [0.25, 0.3) is 11.7 Å². The molecule has 1 saturated heterocycles.